The molecule has 180 valence electrons. The molecule has 0 unspecified atom stereocenters. The second-order valence-corrected chi connectivity index (χ2v) is 10.2. The Bertz CT molecular complexity index is 1140. The molecule has 1 aliphatic rings. The number of rotatable bonds is 9. The van der Waals surface area contributed by atoms with Crippen LogP contribution in [-0.2, 0) is 30.6 Å². The van der Waals surface area contributed by atoms with Crippen LogP contribution in [0.1, 0.15) is 36.1 Å². The van der Waals surface area contributed by atoms with E-state index in [1.807, 2.05) is 17.0 Å². The van der Waals surface area contributed by atoms with Crippen molar-refractivity contribution < 1.29 is 14.3 Å². The van der Waals surface area contributed by atoms with Crippen LogP contribution < -0.4 is 14.8 Å². The van der Waals surface area contributed by atoms with Crippen molar-refractivity contribution >= 4 is 39.8 Å². The smallest absolute Gasteiger partial charge is 0.233 e. The van der Waals surface area contributed by atoms with E-state index in [1.165, 1.54) is 39.8 Å². The Balaban J connectivity index is 1.37. The van der Waals surface area contributed by atoms with E-state index in [2.05, 4.69) is 47.6 Å². The highest BCUT2D eigenvalue weighted by Gasteiger charge is 2.23. The second kappa shape index (κ2) is 11.1. The van der Waals surface area contributed by atoms with Crippen LogP contribution in [0.15, 0.2) is 34.7 Å². The first kappa shape index (κ1) is 24.3. The van der Waals surface area contributed by atoms with E-state index in [4.69, 9.17) is 9.47 Å². The molecule has 0 saturated carbocycles. The lowest BCUT2D eigenvalue weighted by Crippen LogP contribution is -2.37. The van der Waals surface area contributed by atoms with E-state index >= 15 is 0 Å². The largest absolute Gasteiger partial charge is 0.493 e. The number of fused-ring (bicyclic) bond motifs is 1. The van der Waals surface area contributed by atoms with E-state index < -0.39 is 0 Å². The highest BCUT2D eigenvalue weighted by molar-refractivity contribution is 8.01. The number of aromatic nitrogens is 2. The molecule has 7 nitrogen and oxygen atoms in total. The van der Waals surface area contributed by atoms with Gasteiger partial charge in [0.2, 0.25) is 11.0 Å². The maximum atomic E-state index is 12.9. The molecule has 1 amide bonds. The molecule has 0 aliphatic carbocycles. The topological polar surface area (TPSA) is 76.6 Å². The normalized spacial score (nSPS) is 12.9. The lowest BCUT2D eigenvalue weighted by Gasteiger charge is -2.29. The van der Waals surface area contributed by atoms with E-state index in [-0.39, 0.29) is 5.91 Å². The molecule has 0 spiro atoms. The summed E-state index contributed by atoms with van der Waals surface area (Å²) < 4.78 is 11.6. The average molecular weight is 499 g/mol. The summed E-state index contributed by atoms with van der Waals surface area (Å²) in [5.74, 6) is 1.85. The van der Waals surface area contributed by atoms with Crippen molar-refractivity contribution in [2.75, 3.05) is 31.8 Å². The molecule has 9 heteroatoms. The van der Waals surface area contributed by atoms with Gasteiger partial charge in [-0.05, 0) is 53.6 Å². The van der Waals surface area contributed by atoms with Crippen LogP contribution in [0.2, 0.25) is 0 Å². The van der Waals surface area contributed by atoms with Gasteiger partial charge in [0.15, 0.2) is 15.8 Å². The van der Waals surface area contributed by atoms with Crippen LogP contribution in [0, 0.1) is 0 Å². The molecule has 0 saturated heterocycles. The Kier molecular flexibility index (Phi) is 7.95. The number of nitrogens with one attached hydrogen (secondary N) is 1. The number of nitrogens with zero attached hydrogens (tertiary/aromatic N) is 3. The predicted molar refractivity (Wildman–Crippen MR) is 138 cm³/mol. The summed E-state index contributed by atoms with van der Waals surface area (Å²) in [6, 6.07) is 10.4. The van der Waals surface area contributed by atoms with Crippen molar-refractivity contribution in [3.63, 3.8) is 0 Å². The highest BCUT2D eigenvalue weighted by atomic mass is 32.2. The number of hydrogen-bond donors (Lipinski definition) is 1. The molecule has 0 bridgehead atoms. The Morgan fingerprint density at radius 1 is 1.09 bits per heavy atom. The van der Waals surface area contributed by atoms with Crippen LogP contribution in [0.3, 0.4) is 0 Å². The molecule has 0 radical (unpaired) electrons. The zero-order valence-electron chi connectivity index (χ0n) is 20.0. The van der Waals surface area contributed by atoms with Crippen LogP contribution in [-0.4, -0.2) is 47.5 Å². The monoisotopic (exact) mass is 498 g/mol. The fourth-order valence-corrected chi connectivity index (χ4v) is 5.80. The van der Waals surface area contributed by atoms with Gasteiger partial charge in [0, 0.05) is 18.8 Å². The molecule has 3 aromatic rings. The lowest BCUT2D eigenvalue weighted by atomic mass is 9.99. The number of carbonyl (C=O) groups is 1. The van der Waals surface area contributed by atoms with Gasteiger partial charge in [-0.15, -0.1) is 10.2 Å². The first-order chi connectivity index (χ1) is 16.6. The fourth-order valence-electron chi connectivity index (χ4n) is 4.14. The van der Waals surface area contributed by atoms with E-state index in [9.17, 15) is 4.79 Å². The van der Waals surface area contributed by atoms with Crippen LogP contribution >= 0.6 is 23.1 Å². The number of carbonyl (C=O) groups excluding carboxylic acids is 1. The van der Waals surface area contributed by atoms with Crippen molar-refractivity contribution in [1.82, 2.24) is 15.1 Å². The van der Waals surface area contributed by atoms with Gasteiger partial charge in [-0.1, -0.05) is 55.1 Å². The van der Waals surface area contributed by atoms with Crippen LogP contribution in [0.4, 0.5) is 10.8 Å². The quantitative estimate of drug-likeness (QED) is 0.411. The summed E-state index contributed by atoms with van der Waals surface area (Å²) >= 11 is 2.92. The van der Waals surface area contributed by atoms with E-state index in [1.54, 1.807) is 14.2 Å². The van der Waals surface area contributed by atoms with Crippen molar-refractivity contribution in [3.05, 3.63) is 52.6 Å². The van der Waals surface area contributed by atoms with Crippen molar-refractivity contribution in [3.8, 4) is 11.5 Å². The molecule has 2 heterocycles. The minimum absolute atomic E-state index is 0.0970. The van der Waals surface area contributed by atoms with E-state index in [0.717, 1.165) is 45.7 Å². The summed E-state index contributed by atoms with van der Waals surface area (Å²) in [5.41, 5.74) is 5.95. The molecule has 0 fully saturated rings. The van der Waals surface area contributed by atoms with E-state index in [0.29, 0.717) is 24.6 Å². The third kappa shape index (κ3) is 5.31. The van der Waals surface area contributed by atoms with Gasteiger partial charge in [-0.2, -0.15) is 0 Å². The lowest BCUT2D eigenvalue weighted by molar-refractivity contribution is -0.129. The molecule has 34 heavy (non-hydrogen) atoms. The SMILES string of the molecule is CCc1cccc(CC)c1Nc1nnc(SCC(=O)N2CCc3cc(OC)c(OC)cc3C2)s1. The molecule has 2 aromatic carbocycles. The van der Waals surface area contributed by atoms with Gasteiger partial charge < -0.3 is 19.7 Å². The Morgan fingerprint density at radius 3 is 2.41 bits per heavy atom. The third-order valence-corrected chi connectivity index (χ3v) is 7.98. The maximum Gasteiger partial charge on any atom is 0.233 e. The average Bonchev–Trinajstić information content (AvgIpc) is 3.33. The number of ether oxygens (including phenoxy) is 2. The van der Waals surface area contributed by atoms with Gasteiger partial charge in [0.05, 0.1) is 20.0 Å². The van der Waals surface area contributed by atoms with Gasteiger partial charge in [-0.3, -0.25) is 4.79 Å². The predicted octanol–water partition coefficient (Wildman–Crippen LogP) is 5.10. The molecule has 4 rings (SSSR count). The Labute approximate surface area is 208 Å². The first-order valence-electron chi connectivity index (χ1n) is 11.4. The Hall–Kier alpha value is -2.78. The van der Waals surface area contributed by atoms with Crippen molar-refractivity contribution in [2.45, 2.75) is 44.0 Å². The number of methoxy groups -OCH3 is 2. The van der Waals surface area contributed by atoms with Crippen LogP contribution in [0.5, 0.6) is 11.5 Å². The zero-order chi connectivity index (χ0) is 24.1. The van der Waals surface area contributed by atoms with Gasteiger partial charge in [0.25, 0.3) is 0 Å². The maximum absolute atomic E-state index is 12.9. The van der Waals surface area contributed by atoms with Gasteiger partial charge in [0.1, 0.15) is 0 Å². The number of aryl methyl sites for hydroxylation is 2. The third-order valence-electron chi connectivity index (χ3n) is 6.03. The fraction of sp³-hybridized carbons (Fsp3) is 0.400. The summed E-state index contributed by atoms with van der Waals surface area (Å²) in [5, 5.41) is 12.8. The summed E-state index contributed by atoms with van der Waals surface area (Å²) in [6.45, 7) is 5.57. The number of anilines is 2. The minimum atomic E-state index is 0.0970. The molecule has 1 N–H and O–H groups in total. The van der Waals surface area contributed by atoms with Crippen molar-refractivity contribution in [1.29, 1.82) is 0 Å². The zero-order valence-corrected chi connectivity index (χ0v) is 21.6. The molecule has 1 aliphatic heterocycles. The standard InChI is InChI=1S/C25H30N4O3S2/c1-5-16-8-7-9-17(6-2)23(16)26-24-27-28-25(34-24)33-15-22(30)29-11-10-18-12-20(31-3)21(32-4)13-19(18)14-29/h7-9,12-13H,5-6,10-11,14-15H2,1-4H3,(H,26,27). The summed E-state index contributed by atoms with van der Waals surface area (Å²) in [6.07, 6.45) is 2.70. The van der Waals surface area contributed by atoms with Gasteiger partial charge >= 0.3 is 0 Å². The van der Waals surface area contributed by atoms with Crippen molar-refractivity contribution in [2.24, 2.45) is 0 Å². The molecular formula is C25H30N4O3S2. The number of amides is 1. The molecule has 0 atom stereocenters. The number of thioether (sulfide) groups is 1. The van der Waals surface area contributed by atoms with Crippen LogP contribution in [0.25, 0.3) is 0 Å². The van der Waals surface area contributed by atoms with Gasteiger partial charge in [-0.25, -0.2) is 0 Å². The number of hydrogen-bond acceptors (Lipinski definition) is 8. The second-order valence-electron chi connectivity index (χ2n) is 7.99. The number of para-hydroxylation sites is 1. The minimum Gasteiger partial charge on any atom is -0.493 e. The molecular weight excluding hydrogens is 468 g/mol. The summed E-state index contributed by atoms with van der Waals surface area (Å²) in [4.78, 5) is 14.8. The summed E-state index contributed by atoms with van der Waals surface area (Å²) in [7, 11) is 3.27. The molecule has 1 aromatic heterocycles. The Morgan fingerprint density at radius 2 is 1.76 bits per heavy atom. The highest BCUT2D eigenvalue weighted by Crippen LogP contribution is 2.34. The first-order valence-corrected chi connectivity index (χ1v) is 13.2. The number of benzene rings is 2.